The lowest BCUT2D eigenvalue weighted by Crippen LogP contribution is -2.84. The molecule has 2 unspecified atom stereocenters. The van der Waals surface area contributed by atoms with Gasteiger partial charge in [-0.3, -0.25) is 0 Å². The Kier molecular flexibility index (Phi) is 6.65. The van der Waals surface area contributed by atoms with Crippen molar-refractivity contribution in [2.75, 3.05) is 0 Å². The summed E-state index contributed by atoms with van der Waals surface area (Å²) in [7, 11) is 0. The first kappa shape index (κ1) is 30.5. The molecule has 0 N–H and O–H groups in total. The average molecular weight is 538 g/mol. The monoisotopic (exact) mass is 538 g/mol. The van der Waals surface area contributed by atoms with Crippen LogP contribution in [-0.2, 0) is 0 Å². The molecule has 0 aromatic rings. The largest absolute Gasteiger partial charge is 0.460 e. The van der Waals surface area contributed by atoms with Crippen molar-refractivity contribution in [2.24, 2.45) is 0 Å². The van der Waals surface area contributed by atoms with Crippen LogP contribution in [0, 0.1) is 0 Å². The van der Waals surface area contributed by atoms with E-state index < -0.39 is 59.7 Å². The van der Waals surface area contributed by atoms with Gasteiger partial charge in [0.1, 0.15) is 0 Å². The molecule has 0 spiro atoms. The Hall–Kier alpha value is -1.54. The first-order valence-corrected chi connectivity index (χ1v) is 6.41. The molecule has 0 aromatic heterocycles. The molecule has 0 aliphatic carbocycles. The number of halogens is 22. The quantitative estimate of drug-likeness (QED) is 0.325. The van der Waals surface area contributed by atoms with Crippen LogP contribution in [0.5, 0.6) is 0 Å². The van der Waals surface area contributed by atoms with E-state index in [0.717, 1.165) is 0 Å². The summed E-state index contributed by atoms with van der Waals surface area (Å²) < 4.78 is 280. The zero-order valence-corrected chi connectivity index (χ0v) is 13.3. The van der Waals surface area contributed by atoms with E-state index in [4.69, 9.17) is 0 Å². The number of alkyl halides is 22. The topological polar surface area (TPSA) is 0 Å². The van der Waals surface area contributed by atoms with Gasteiger partial charge in [-0.05, 0) is 0 Å². The highest BCUT2D eigenvalue weighted by molar-refractivity contribution is 5.27. The van der Waals surface area contributed by atoms with Crippen molar-refractivity contribution in [1.29, 1.82) is 0 Å². The lowest BCUT2D eigenvalue weighted by atomic mass is 9.71. The van der Waals surface area contributed by atoms with Crippen LogP contribution in [0.3, 0.4) is 0 Å². The number of hydrogen-bond donors (Lipinski definition) is 0. The second kappa shape index (κ2) is 6.98. The van der Waals surface area contributed by atoms with E-state index in [1.165, 1.54) is 0 Å². The van der Waals surface area contributed by atoms with Gasteiger partial charge in [0.25, 0.3) is 0 Å². The lowest BCUT2D eigenvalue weighted by molar-refractivity contribution is -0.491. The van der Waals surface area contributed by atoms with Crippen molar-refractivity contribution < 1.29 is 96.6 Å². The molecule has 0 saturated carbocycles. The predicted octanol–water partition coefficient (Wildman–Crippen LogP) is 7.19. The van der Waals surface area contributed by atoms with Crippen LogP contribution in [0.25, 0.3) is 0 Å². The van der Waals surface area contributed by atoms with Crippen molar-refractivity contribution in [1.82, 2.24) is 0 Å². The van der Waals surface area contributed by atoms with Gasteiger partial charge in [-0.25, -0.2) is 8.78 Å². The highest BCUT2D eigenvalue weighted by atomic mass is 19.4. The van der Waals surface area contributed by atoms with E-state index in [1.54, 1.807) is 0 Å². The van der Waals surface area contributed by atoms with Crippen LogP contribution >= 0.6 is 0 Å². The second-order valence-electron chi connectivity index (χ2n) is 5.61. The average Bonchev–Trinajstić information content (AvgIpc) is 2.47. The fourth-order valence-electron chi connectivity index (χ4n) is 1.97. The Morgan fingerprint density at radius 3 is 0.438 bits per heavy atom. The summed E-state index contributed by atoms with van der Waals surface area (Å²) in [4.78, 5) is 0. The molecular weight excluding hydrogens is 538 g/mol. The zero-order chi connectivity index (χ0) is 27.0. The molecule has 0 aliphatic rings. The summed E-state index contributed by atoms with van der Waals surface area (Å²) in [5, 5.41) is 0. The molecule has 0 bridgehead atoms. The minimum atomic E-state index is -9.80. The first-order valence-electron chi connectivity index (χ1n) is 6.41. The van der Waals surface area contributed by atoms with Crippen LogP contribution < -0.4 is 0 Å². The van der Waals surface area contributed by atoms with Gasteiger partial charge in [0.15, 0.2) is 0 Å². The third-order valence-electron chi connectivity index (χ3n) is 3.62. The van der Waals surface area contributed by atoms with E-state index in [1.807, 2.05) is 0 Å². The summed E-state index contributed by atoms with van der Waals surface area (Å²) >= 11 is 0. The molecule has 0 aliphatic heterocycles. The summed E-state index contributed by atoms with van der Waals surface area (Å²) in [5.41, 5.74) is -19.6. The second-order valence-corrected chi connectivity index (χ2v) is 5.61. The van der Waals surface area contributed by atoms with Crippen LogP contribution in [0.1, 0.15) is 0 Å². The van der Waals surface area contributed by atoms with Crippen LogP contribution in [0.15, 0.2) is 0 Å². The normalized spacial score (nSPS) is 20.1. The predicted molar refractivity (Wildman–Crippen MR) is 51.7 cm³/mol. The molecule has 2 atom stereocenters. The van der Waals surface area contributed by atoms with E-state index in [9.17, 15) is 96.6 Å². The van der Waals surface area contributed by atoms with Gasteiger partial charge < -0.3 is 0 Å². The maximum absolute atomic E-state index is 13.9. The zero-order valence-electron chi connectivity index (χ0n) is 13.3. The molecule has 0 saturated heterocycles. The molecule has 0 aromatic carbocycles. The van der Waals surface area contributed by atoms with Gasteiger partial charge in [-0.2, -0.15) is 87.8 Å². The standard InChI is InChI=1S/C10F22/c11-1(7(21,22)23,3(13,14)5(17,18)9(27,28)29)2(12,8(24,25)26)4(15,16)6(19,20)10(30,31)32. The third kappa shape index (κ3) is 3.40. The first-order chi connectivity index (χ1) is 13.2. The Labute approximate surface area is 158 Å². The summed E-state index contributed by atoms with van der Waals surface area (Å²) in [6.45, 7) is 0. The highest BCUT2D eigenvalue weighted by Crippen LogP contribution is 2.70. The van der Waals surface area contributed by atoms with Gasteiger partial charge in [0, 0.05) is 0 Å². The number of rotatable bonds is 5. The summed E-state index contributed by atoms with van der Waals surface area (Å²) in [5.74, 6) is -36.7. The van der Waals surface area contributed by atoms with Crippen molar-refractivity contribution >= 4 is 0 Å². The van der Waals surface area contributed by atoms with E-state index in [-0.39, 0.29) is 0 Å². The fraction of sp³-hybridized carbons (Fsp3) is 1.00. The van der Waals surface area contributed by atoms with Crippen molar-refractivity contribution in [3.63, 3.8) is 0 Å². The van der Waals surface area contributed by atoms with Crippen molar-refractivity contribution in [3.05, 3.63) is 0 Å². The molecule has 0 fully saturated rings. The fourth-order valence-corrected chi connectivity index (χ4v) is 1.97. The molecule has 0 heterocycles. The number of hydrogen-bond acceptors (Lipinski definition) is 0. The van der Waals surface area contributed by atoms with Crippen LogP contribution in [0.4, 0.5) is 96.6 Å². The Morgan fingerprint density at radius 2 is 0.344 bits per heavy atom. The molecule has 0 radical (unpaired) electrons. The SMILES string of the molecule is FC(F)(F)C(F)(F)C(F)(F)C(F)(C(F)(F)F)C(F)(C(F)(F)F)C(F)(F)C(F)(F)C(F)(F)F. The molecule has 0 nitrogen and oxygen atoms in total. The lowest BCUT2D eigenvalue weighted by Gasteiger charge is -2.50. The molecular formula is C10F22. The van der Waals surface area contributed by atoms with Gasteiger partial charge in [0.05, 0.1) is 0 Å². The van der Waals surface area contributed by atoms with Gasteiger partial charge >= 0.3 is 59.7 Å². The Bertz CT molecular complexity index is 623. The van der Waals surface area contributed by atoms with E-state index in [2.05, 4.69) is 0 Å². The molecule has 32 heavy (non-hydrogen) atoms. The maximum atomic E-state index is 13.9. The van der Waals surface area contributed by atoms with Gasteiger partial charge in [-0.1, -0.05) is 0 Å². The van der Waals surface area contributed by atoms with Crippen LogP contribution in [0.2, 0.25) is 0 Å². The van der Waals surface area contributed by atoms with Gasteiger partial charge in [-0.15, -0.1) is 0 Å². The van der Waals surface area contributed by atoms with Gasteiger partial charge in [0.2, 0.25) is 0 Å². The van der Waals surface area contributed by atoms with Crippen molar-refractivity contribution in [2.45, 2.75) is 59.7 Å². The minimum Gasteiger partial charge on any atom is -0.222 e. The van der Waals surface area contributed by atoms with E-state index >= 15 is 0 Å². The third-order valence-corrected chi connectivity index (χ3v) is 3.62. The summed E-state index contributed by atoms with van der Waals surface area (Å²) in [6.07, 6.45) is -34.8. The highest BCUT2D eigenvalue weighted by Gasteiger charge is 3.03. The van der Waals surface area contributed by atoms with Crippen LogP contribution in [-0.4, -0.2) is 59.7 Å². The summed E-state index contributed by atoms with van der Waals surface area (Å²) in [6, 6.07) is 0. The smallest absolute Gasteiger partial charge is 0.222 e. The molecule has 194 valence electrons. The van der Waals surface area contributed by atoms with E-state index in [0.29, 0.717) is 0 Å². The maximum Gasteiger partial charge on any atom is 0.460 e. The molecule has 0 rings (SSSR count). The Balaban J connectivity index is 7.99. The molecule has 22 heteroatoms. The minimum absolute atomic E-state index is 8.33. The molecule has 0 amide bonds. The van der Waals surface area contributed by atoms with Crippen molar-refractivity contribution in [3.8, 4) is 0 Å². The Morgan fingerprint density at radius 1 is 0.188 bits per heavy atom.